The fourth-order valence-electron chi connectivity index (χ4n) is 1.77. The molecule has 1 heterocycles. The van der Waals surface area contributed by atoms with Crippen molar-refractivity contribution < 1.29 is 9.53 Å². The predicted molar refractivity (Wildman–Crippen MR) is 95.8 cm³/mol. The lowest BCUT2D eigenvalue weighted by molar-refractivity contribution is -0.127. The molecule has 0 spiro atoms. The van der Waals surface area contributed by atoms with Crippen molar-refractivity contribution >= 4 is 29.3 Å². The molecule has 1 aromatic carbocycles. The van der Waals surface area contributed by atoms with Gasteiger partial charge in [0.1, 0.15) is 18.2 Å². The van der Waals surface area contributed by atoms with Crippen LogP contribution in [0.5, 0.6) is 5.75 Å². The molecule has 0 atom stereocenters. The number of H-pyrrole nitrogens is 1. The van der Waals surface area contributed by atoms with Gasteiger partial charge in [-0.05, 0) is 24.3 Å². The first-order chi connectivity index (χ1) is 11.5. The summed E-state index contributed by atoms with van der Waals surface area (Å²) in [5.74, 6) is 2.16. The van der Waals surface area contributed by atoms with Crippen LogP contribution < -0.4 is 4.74 Å². The summed E-state index contributed by atoms with van der Waals surface area (Å²) in [4.78, 5) is 18.1. The topological polar surface area (TPSA) is 71.1 Å². The average molecular weight is 369 g/mol. The molecule has 0 bridgehead atoms. The van der Waals surface area contributed by atoms with Crippen molar-refractivity contribution in [3.8, 4) is 5.75 Å². The highest BCUT2D eigenvalue weighted by Gasteiger charge is 2.12. The maximum absolute atomic E-state index is 12.1. The van der Waals surface area contributed by atoms with Gasteiger partial charge >= 0.3 is 0 Å². The molecule has 0 radical (unpaired) electrons. The first kappa shape index (κ1) is 18.6. The number of likely N-dealkylation sites (N-methyl/N-ethyl adjacent to an activating group) is 1. The number of ether oxygens (including phenoxy) is 1. The Morgan fingerprint density at radius 3 is 2.71 bits per heavy atom. The van der Waals surface area contributed by atoms with Crippen LogP contribution in [0.1, 0.15) is 25.6 Å². The van der Waals surface area contributed by atoms with Gasteiger partial charge in [-0.2, -0.15) is 0 Å². The van der Waals surface area contributed by atoms with Gasteiger partial charge in [-0.1, -0.05) is 37.2 Å². The SMILES string of the molecule is CC(C)c1nc(SCC(=O)N(C)CCOc2ccc(Cl)cc2)n[nH]1. The van der Waals surface area contributed by atoms with Crippen molar-refractivity contribution in [3.05, 3.63) is 35.1 Å². The Kier molecular flexibility index (Phi) is 6.93. The molecule has 0 saturated carbocycles. The molecular weight excluding hydrogens is 348 g/mol. The van der Waals surface area contributed by atoms with Crippen LogP contribution in [0.15, 0.2) is 29.4 Å². The zero-order valence-electron chi connectivity index (χ0n) is 14.0. The zero-order valence-corrected chi connectivity index (χ0v) is 15.5. The van der Waals surface area contributed by atoms with Gasteiger partial charge in [0.15, 0.2) is 0 Å². The number of carbonyl (C=O) groups excluding carboxylic acids is 1. The van der Waals surface area contributed by atoms with Crippen LogP contribution in [0.25, 0.3) is 0 Å². The van der Waals surface area contributed by atoms with Gasteiger partial charge in [0.25, 0.3) is 0 Å². The molecule has 0 unspecified atom stereocenters. The summed E-state index contributed by atoms with van der Waals surface area (Å²) in [5, 5.41) is 8.24. The van der Waals surface area contributed by atoms with E-state index in [1.165, 1.54) is 11.8 Å². The second-order valence-electron chi connectivity index (χ2n) is 5.56. The third-order valence-electron chi connectivity index (χ3n) is 3.29. The van der Waals surface area contributed by atoms with E-state index in [-0.39, 0.29) is 11.8 Å². The highest BCUT2D eigenvalue weighted by molar-refractivity contribution is 7.99. The van der Waals surface area contributed by atoms with Crippen LogP contribution in [0.3, 0.4) is 0 Å². The lowest BCUT2D eigenvalue weighted by Gasteiger charge is -2.17. The van der Waals surface area contributed by atoms with Crippen LogP contribution in [-0.4, -0.2) is 51.9 Å². The van der Waals surface area contributed by atoms with E-state index in [0.29, 0.717) is 29.1 Å². The van der Waals surface area contributed by atoms with Crippen LogP contribution in [0, 0.1) is 0 Å². The second-order valence-corrected chi connectivity index (χ2v) is 6.94. The normalized spacial score (nSPS) is 10.9. The quantitative estimate of drug-likeness (QED) is 0.724. The molecule has 1 aromatic heterocycles. The van der Waals surface area contributed by atoms with Crippen molar-refractivity contribution in [2.75, 3.05) is 26.0 Å². The summed E-state index contributed by atoms with van der Waals surface area (Å²) in [5.41, 5.74) is 0. The molecule has 0 aliphatic rings. The number of carbonyl (C=O) groups is 1. The van der Waals surface area contributed by atoms with E-state index < -0.39 is 0 Å². The molecule has 1 N–H and O–H groups in total. The molecule has 1 amide bonds. The Morgan fingerprint density at radius 1 is 1.38 bits per heavy atom. The minimum atomic E-state index is 0.00982. The van der Waals surface area contributed by atoms with E-state index in [1.54, 1.807) is 36.2 Å². The molecule has 0 saturated heterocycles. The summed E-state index contributed by atoms with van der Waals surface area (Å²) in [6, 6.07) is 7.14. The van der Waals surface area contributed by atoms with E-state index in [9.17, 15) is 4.79 Å². The first-order valence-electron chi connectivity index (χ1n) is 7.63. The van der Waals surface area contributed by atoms with Crippen LogP contribution >= 0.6 is 23.4 Å². The summed E-state index contributed by atoms with van der Waals surface area (Å²) in [6.07, 6.45) is 0. The van der Waals surface area contributed by atoms with E-state index in [4.69, 9.17) is 16.3 Å². The molecule has 0 aliphatic heterocycles. The molecule has 0 fully saturated rings. The Morgan fingerprint density at radius 2 is 2.08 bits per heavy atom. The largest absolute Gasteiger partial charge is 0.492 e. The molecule has 0 aliphatic carbocycles. The van der Waals surface area contributed by atoms with Gasteiger partial charge < -0.3 is 9.64 Å². The fraction of sp³-hybridized carbons (Fsp3) is 0.438. The highest BCUT2D eigenvalue weighted by Crippen LogP contribution is 2.17. The lowest BCUT2D eigenvalue weighted by atomic mass is 10.2. The molecule has 6 nitrogen and oxygen atoms in total. The number of rotatable bonds is 8. The maximum atomic E-state index is 12.1. The van der Waals surface area contributed by atoms with E-state index in [2.05, 4.69) is 15.2 Å². The van der Waals surface area contributed by atoms with E-state index in [1.807, 2.05) is 13.8 Å². The minimum Gasteiger partial charge on any atom is -0.492 e. The maximum Gasteiger partial charge on any atom is 0.232 e. The molecular formula is C16H21ClN4O2S. The van der Waals surface area contributed by atoms with Crippen LogP contribution in [0.2, 0.25) is 5.02 Å². The van der Waals surface area contributed by atoms with Crippen molar-refractivity contribution in [3.63, 3.8) is 0 Å². The average Bonchev–Trinajstić information content (AvgIpc) is 3.03. The van der Waals surface area contributed by atoms with Crippen LogP contribution in [-0.2, 0) is 4.79 Å². The predicted octanol–water partition coefficient (Wildman–Crippen LogP) is 3.21. The molecule has 130 valence electrons. The number of benzene rings is 1. The van der Waals surface area contributed by atoms with Crippen molar-refractivity contribution in [2.45, 2.75) is 24.9 Å². The van der Waals surface area contributed by atoms with Gasteiger partial charge in [0, 0.05) is 18.0 Å². The van der Waals surface area contributed by atoms with Gasteiger partial charge in [-0.15, -0.1) is 5.10 Å². The standard InChI is InChI=1S/C16H21ClN4O2S/c1-11(2)15-18-16(20-19-15)24-10-14(22)21(3)8-9-23-13-6-4-12(17)5-7-13/h4-7,11H,8-10H2,1-3H3,(H,18,19,20). The first-order valence-corrected chi connectivity index (χ1v) is 8.99. The Labute approximate surface area is 150 Å². The Hall–Kier alpha value is -1.73. The number of thioether (sulfide) groups is 1. The molecule has 24 heavy (non-hydrogen) atoms. The molecule has 2 rings (SSSR count). The number of halogens is 1. The second kappa shape index (κ2) is 8.94. The number of aromatic nitrogens is 3. The Bertz CT molecular complexity index is 660. The van der Waals surface area contributed by atoms with Gasteiger partial charge in [-0.3, -0.25) is 9.89 Å². The summed E-state index contributed by atoms with van der Waals surface area (Å²) in [7, 11) is 1.76. The number of aromatic amines is 1. The third kappa shape index (κ3) is 5.72. The minimum absolute atomic E-state index is 0.00982. The monoisotopic (exact) mass is 368 g/mol. The summed E-state index contributed by atoms with van der Waals surface area (Å²) < 4.78 is 5.59. The number of nitrogens with one attached hydrogen (secondary N) is 1. The summed E-state index contributed by atoms with van der Waals surface area (Å²) in [6.45, 7) is 5.00. The van der Waals surface area contributed by atoms with Crippen molar-refractivity contribution in [2.24, 2.45) is 0 Å². The van der Waals surface area contributed by atoms with Crippen molar-refractivity contribution in [1.82, 2.24) is 20.1 Å². The van der Waals surface area contributed by atoms with Gasteiger partial charge in [0.2, 0.25) is 11.1 Å². The molecule has 2 aromatic rings. The third-order valence-corrected chi connectivity index (χ3v) is 4.37. The highest BCUT2D eigenvalue weighted by atomic mass is 35.5. The van der Waals surface area contributed by atoms with Gasteiger partial charge in [0.05, 0.1) is 12.3 Å². The van der Waals surface area contributed by atoms with E-state index >= 15 is 0 Å². The number of hydrogen-bond acceptors (Lipinski definition) is 5. The fourth-order valence-corrected chi connectivity index (χ4v) is 2.65. The van der Waals surface area contributed by atoms with Crippen LogP contribution in [0.4, 0.5) is 0 Å². The molecule has 8 heteroatoms. The van der Waals surface area contributed by atoms with Crippen molar-refractivity contribution in [1.29, 1.82) is 0 Å². The number of hydrogen-bond donors (Lipinski definition) is 1. The smallest absolute Gasteiger partial charge is 0.232 e. The Balaban J connectivity index is 1.70. The zero-order chi connectivity index (χ0) is 17.5. The number of nitrogens with zero attached hydrogens (tertiary/aromatic N) is 3. The summed E-state index contributed by atoms with van der Waals surface area (Å²) >= 11 is 7.14. The van der Waals surface area contributed by atoms with E-state index in [0.717, 1.165) is 11.6 Å². The van der Waals surface area contributed by atoms with Gasteiger partial charge in [-0.25, -0.2) is 4.98 Å². The number of amides is 1. The lowest BCUT2D eigenvalue weighted by Crippen LogP contribution is -2.32.